The molecule has 1 heterocycles. The molecule has 1 aromatic rings. The molecule has 0 radical (unpaired) electrons. The molecule has 0 unspecified atom stereocenters. The van der Waals surface area contributed by atoms with Crippen molar-refractivity contribution in [1.29, 1.82) is 0 Å². The van der Waals surface area contributed by atoms with Gasteiger partial charge in [-0.05, 0) is 30.5 Å². The van der Waals surface area contributed by atoms with Crippen molar-refractivity contribution in [3.8, 4) is 11.5 Å². The van der Waals surface area contributed by atoms with Gasteiger partial charge in [-0.15, -0.1) is 0 Å². The number of benzene rings is 1. The van der Waals surface area contributed by atoms with Crippen molar-refractivity contribution >= 4 is 0 Å². The molecule has 0 saturated heterocycles. The van der Waals surface area contributed by atoms with Crippen LogP contribution in [0.25, 0.3) is 0 Å². The van der Waals surface area contributed by atoms with Crippen molar-refractivity contribution in [3.63, 3.8) is 0 Å². The Balaban J connectivity index is 2.01. The van der Waals surface area contributed by atoms with E-state index in [1.54, 1.807) is 0 Å². The Morgan fingerprint density at radius 2 is 1.79 bits per heavy atom. The van der Waals surface area contributed by atoms with Gasteiger partial charge in [-0.2, -0.15) is 0 Å². The second kappa shape index (κ2) is 2.64. The summed E-state index contributed by atoms with van der Waals surface area (Å²) < 4.78 is 11.0. The number of hydrogen-bond donors (Lipinski definition) is 1. The predicted octanol–water partition coefficient (Wildman–Crippen LogP) is 1.41. The van der Waals surface area contributed by atoms with E-state index in [4.69, 9.17) is 15.2 Å². The van der Waals surface area contributed by atoms with Gasteiger partial charge < -0.3 is 15.2 Å². The zero-order chi connectivity index (χ0) is 9.60. The Bertz CT molecular complexity index is 372. The normalized spacial score (nSPS) is 21.8. The summed E-state index contributed by atoms with van der Waals surface area (Å²) in [6.07, 6.45) is 2.15. The largest absolute Gasteiger partial charge is 0.486 e. The lowest BCUT2D eigenvalue weighted by molar-refractivity contribution is 0.171. The molecule has 0 atom stereocenters. The molecule has 3 heteroatoms. The van der Waals surface area contributed by atoms with Crippen molar-refractivity contribution < 1.29 is 9.47 Å². The summed E-state index contributed by atoms with van der Waals surface area (Å²) in [5, 5.41) is 0. The fourth-order valence-electron chi connectivity index (χ4n) is 1.78. The highest BCUT2D eigenvalue weighted by Crippen LogP contribution is 2.45. The highest BCUT2D eigenvalue weighted by atomic mass is 16.6. The maximum Gasteiger partial charge on any atom is 0.161 e. The van der Waals surface area contributed by atoms with Gasteiger partial charge in [-0.3, -0.25) is 0 Å². The summed E-state index contributed by atoms with van der Waals surface area (Å²) >= 11 is 0. The van der Waals surface area contributed by atoms with E-state index in [1.165, 1.54) is 5.56 Å². The molecule has 0 spiro atoms. The van der Waals surface area contributed by atoms with E-state index in [1.807, 2.05) is 18.2 Å². The van der Waals surface area contributed by atoms with Crippen LogP contribution in [0.5, 0.6) is 11.5 Å². The van der Waals surface area contributed by atoms with E-state index in [9.17, 15) is 0 Å². The molecule has 1 fully saturated rings. The molecule has 3 rings (SSSR count). The molecule has 0 bridgehead atoms. The average molecular weight is 191 g/mol. The Morgan fingerprint density at radius 1 is 1.07 bits per heavy atom. The van der Waals surface area contributed by atoms with Crippen LogP contribution < -0.4 is 15.2 Å². The van der Waals surface area contributed by atoms with Crippen molar-refractivity contribution in [2.45, 2.75) is 18.4 Å². The monoisotopic (exact) mass is 191 g/mol. The maximum absolute atomic E-state index is 6.10. The van der Waals surface area contributed by atoms with E-state index in [0.29, 0.717) is 13.2 Å². The van der Waals surface area contributed by atoms with Crippen molar-refractivity contribution in [2.24, 2.45) is 5.73 Å². The van der Waals surface area contributed by atoms with Crippen LogP contribution in [0, 0.1) is 0 Å². The van der Waals surface area contributed by atoms with Crippen LogP contribution in [0.15, 0.2) is 18.2 Å². The Morgan fingerprint density at radius 3 is 2.50 bits per heavy atom. The standard InChI is InChI=1S/C11H13NO2/c12-11(3-4-11)8-1-2-9-10(7-8)14-6-5-13-9/h1-2,7H,3-6,12H2. The van der Waals surface area contributed by atoms with E-state index >= 15 is 0 Å². The minimum atomic E-state index is -0.0875. The quantitative estimate of drug-likeness (QED) is 0.729. The van der Waals surface area contributed by atoms with Crippen LogP contribution in [0.1, 0.15) is 18.4 Å². The smallest absolute Gasteiger partial charge is 0.161 e. The molecule has 0 aromatic heterocycles. The van der Waals surface area contributed by atoms with Gasteiger partial charge in [0.2, 0.25) is 0 Å². The van der Waals surface area contributed by atoms with Crippen LogP contribution >= 0.6 is 0 Å². The number of rotatable bonds is 1. The number of hydrogen-bond acceptors (Lipinski definition) is 3. The number of ether oxygens (including phenoxy) is 2. The topological polar surface area (TPSA) is 44.5 Å². The Labute approximate surface area is 82.8 Å². The first-order valence-corrected chi connectivity index (χ1v) is 4.97. The molecule has 1 aromatic carbocycles. The third-order valence-corrected chi connectivity index (χ3v) is 2.91. The van der Waals surface area contributed by atoms with Gasteiger partial charge in [-0.25, -0.2) is 0 Å². The minimum Gasteiger partial charge on any atom is -0.486 e. The first-order valence-electron chi connectivity index (χ1n) is 4.97. The van der Waals surface area contributed by atoms with Crippen molar-refractivity contribution in [2.75, 3.05) is 13.2 Å². The van der Waals surface area contributed by atoms with E-state index in [0.717, 1.165) is 24.3 Å². The molecule has 74 valence electrons. The van der Waals surface area contributed by atoms with Gasteiger partial charge in [0, 0.05) is 5.54 Å². The molecule has 1 saturated carbocycles. The fourth-order valence-corrected chi connectivity index (χ4v) is 1.78. The third-order valence-electron chi connectivity index (χ3n) is 2.91. The lowest BCUT2D eigenvalue weighted by Gasteiger charge is -2.20. The summed E-state index contributed by atoms with van der Waals surface area (Å²) in [6, 6.07) is 6.01. The molecule has 2 N–H and O–H groups in total. The molecule has 1 aliphatic heterocycles. The summed E-state index contributed by atoms with van der Waals surface area (Å²) in [7, 11) is 0. The zero-order valence-corrected chi connectivity index (χ0v) is 7.95. The van der Waals surface area contributed by atoms with Gasteiger partial charge in [-0.1, -0.05) is 6.07 Å². The SMILES string of the molecule is NC1(c2ccc3c(c2)OCCO3)CC1. The van der Waals surface area contributed by atoms with Crippen LogP contribution in [0.3, 0.4) is 0 Å². The van der Waals surface area contributed by atoms with Gasteiger partial charge >= 0.3 is 0 Å². The molecule has 0 amide bonds. The Kier molecular flexibility index (Phi) is 1.53. The highest BCUT2D eigenvalue weighted by molar-refractivity contribution is 5.46. The first kappa shape index (κ1) is 8.12. The first-order chi connectivity index (χ1) is 6.78. The summed E-state index contributed by atoms with van der Waals surface area (Å²) in [5.74, 6) is 1.68. The molecule has 3 nitrogen and oxygen atoms in total. The summed E-state index contributed by atoms with van der Waals surface area (Å²) in [5.41, 5.74) is 7.19. The molecule has 2 aliphatic rings. The summed E-state index contributed by atoms with van der Waals surface area (Å²) in [6.45, 7) is 1.27. The fraction of sp³-hybridized carbons (Fsp3) is 0.455. The average Bonchev–Trinajstić information content (AvgIpc) is 2.97. The molecular formula is C11H13NO2. The van der Waals surface area contributed by atoms with Gasteiger partial charge in [0.25, 0.3) is 0 Å². The summed E-state index contributed by atoms with van der Waals surface area (Å²) in [4.78, 5) is 0. The van der Waals surface area contributed by atoms with Crippen molar-refractivity contribution in [3.05, 3.63) is 23.8 Å². The maximum atomic E-state index is 6.10. The van der Waals surface area contributed by atoms with Gasteiger partial charge in [0.05, 0.1) is 0 Å². The highest BCUT2D eigenvalue weighted by Gasteiger charge is 2.40. The van der Waals surface area contributed by atoms with E-state index in [-0.39, 0.29) is 5.54 Å². The lowest BCUT2D eigenvalue weighted by atomic mass is 10.1. The van der Waals surface area contributed by atoms with Crippen LogP contribution in [-0.2, 0) is 5.54 Å². The van der Waals surface area contributed by atoms with Crippen molar-refractivity contribution in [1.82, 2.24) is 0 Å². The number of nitrogens with two attached hydrogens (primary N) is 1. The van der Waals surface area contributed by atoms with Crippen LogP contribution in [0.2, 0.25) is 0 Å². The molecule has 1 aliphatic carbocycles. The minimum absolute atomic E-state index is 0.0875. The van der Waals surface area contributed by atoms with Crippen LogP contribution in [-0.4, -0.2) is 13.2 Å². The molecule has 14 heavy (non-hydrogen) atoms. The van der Waals surface area contributed by atoms with Gasteiger partial charge in [0.1, 0.15) is 13.2 Å². The second-order valence-corrected chi connectivity index (χ2v) is 4.01. The zero-order valence-electron chi connectivity index (χ0n) is 7.95. The van der Waals surface area contributed by atoms with E-state index < -0.39 is 0 Å². The van der Waals surface area contributed by atoms with Gasteiger partial charge in [0.15, 0.2) is 11.5 Å². The third kappa shape index (κ3) is 1.16. The van der Waals surface area contributed by atoms with Crippen LogP contribution in [0.4, 0.5) is 0 Å². The second-order valence-electron chi connectivity index (χ2n) is 4.01. The van der Waals surface area contributed by atoms with E-state index in [2.05, 4.69) is 0 Å². The Hall–Kier alpha value is -1.22. The molecular weight excluding hydrogens is 178 g/mol. The predicted molar refractivity (Wildman–Crippen MR) is 52.5 cm³/mol. The lowest BCUT2D eigenvalue weighted by Crippen LogP contribution is -2.20. The number of fused-ring (bicyclic) bond motifs is 1.